The Morgan fingerprint density at radius 1 is 1.44 bits per heavy atom. The molecule has 5 nitrogen and oxygen atoms in total. The molecule has 2 atom stereocenters. The summed E-state index contributed by atoms with van der Waals surface area (Å²) < 4.78 is 27.8. The third kappa shape index (κ3) is 2.90. The third-order valence-corrected chi connectivity index (χ3v) is 6.35. The van der Waals surface area contributed by atoms with Crippen molar-refractivity contribution in [3.8, 4) is 0 Å². The van der Waals surface area contributed by atoms with Crippen molar-refractivity contribution >= 4 is 21.4 Å². The maximum absolute atomic E-state index is 12.3. The van der Waals surface area contributed by atoms with Crippen LogP contribution in [0.2, 0.25) is 0 Å². The highest BCUT2D eigenvalue weighted by molar-refractivity contribution is 7.91. The van der Waals surface area contributed by atoms with Crippen LogP contribution >= 0.6 is 11.3 Å². The summed E-state index contributed by atoms with van der Waals surface area (Å²) in [7, 11) is -3.44. The van der Waals surface area contributed by atoms with Gasteiger partial charge in [0.05, 0.1) is 10.7 Å². The van der Waals surface area contributed by atoms with Crippen molar-refractivity contribution in [2.24, 2.45) is 0 Å². The summed E-state index contributed by atoms with van der Waals surface area (Å²) in [4.78, 5) is 4.17. The number of thiazole rings is 1. The first-order valence-corrected chi connectivity index (χ1v) is 8.40. The molecule has 2 unspecified atom stereocenters. The summed E-state index contributed by atoms with van der Waals surface area (Å²) >= 11 is 1.23. The van der Waals surface area contributed by atoms with Gasteiger partial charge in [-0.3, -0.25) is 0 Å². The lowest BCUT2D eigenvalue weighted by Gasteiger charge is -2.30. The van der Waals surface area contributed by atoms with E-state index in [1.54, 1.807) is 6.92 Å². The summed E-state index contributed by atoms with van der Waals surface area (Å²) in [6, 6.07) is 0.133. The first kappa shape index (κ1) is 13.9. The smallest absolute Gasteiger partial charge is 0.252 e. The predicted octanol–water partition coefficient (Wildman–Crippen LogP) is 1.18. The average molecular weight is 289 g/mol. The van der Waals surface area contributed by atoms with Crippen LogP contribution in [0.25, 0.3) is 0 Å². The summed E-state index contributed by atoms with van der Waals surface area (Å²) in [6.07, 6.45) is 1.88. The van der Waals surface area contributed by atoms with Gasteiger partial charge in [-0.25, -0.2) is 18.1 Å². The van der Waals surface area contributed by atoms with Gasteiger partial charge in [-0.15, -0.1) is 11.3 Å². The summed E-state index contributed by atoms with van der Waals surface area (Å²) in [6.45, 7) is 6.53. The van der Waals surface area contributed by atoms with Crippen LogP contribution in [-0.4, -0.2) is 32.0 Å². The van der Waals surface area contributed by atoms with Crippen molar-refractivity contribution in [3.63, 3.8) is 0 Å². The van der Waals surface area contributed by atoms with Crippen molar-refractivity contribution < 1.29 is 8.42 Å². The number of nitrogens with zero attached hydrogens (tertiary/aromatic N) is 1. The number of aryl methyl sites for hydroxylation is 2. The van der Waals surface area contributed by atoms with Crippen LogP contribution in [0.3, 0.4) is 0 Å². The fourth-order valence-electron chi connectivity index (χ4n) is 2.22. The van der Waals surface area contributed by atoms with Crippen LogP contribution in [-0.2, 0) is 10.0 Å². The Hall–Kier alpha value is -0.500. The number of nitrogens with one attached hydrogen (secondary N) is 2. The van der Waals surface area contributed by atoms with E-state index < -0.39 is 10.0 Å². The van der Waals surface area contributed by atoms with E-state index in [1.807, 2.05) is 13.8 Å². The molecule has 1 saturated heterocycles. The second-order valence-electron chi connectivity index (χ2n) is 4.72. The molecule has 2 rings (SSSR count). The van der Waals surface area contributed by atoms with Crippen LogP contribution in [0.15, 0.2) is 4.21 Å². The normalized spacial score (nSPS) is 25.3. The molecule has 0 radical (unpaired) electrons. The zero-order valence-corrected chi connectivity index (χ0v) is 12.5. The zero-order valence-electron chi connectivity index (χ0n) is 10.9. The third-order valence-electron chi connectivity index (χ3n) is 3.17. The van der Waals surface area contributed by atoms with E-state index in [4.69, 9.17) is 0 Å². The summed E-state index contributed by atoms with van der Waals surface area (Å²) in [5, 5.41) is 4.07. The number of piperidine rings is 1. The van der Waals surface area contributed by atoms with Crippen molar-refractivity contribution in [2.75, 3.05) is 6.54 Å². The van der Waals surface area contributed by atoms with Gasteiger partial charge >= 0.3 is 0 Å². The Kier molecular flexibility index (Phi) is 4.05. The number of rotatable bonds is 3. The van der Waals surface area contributed by atoms with Crippen molar-refractivity contribution in [3.05, 3.63) is 10.7 Å². The van der Waals surface area contributed by atoms with Crippen molar-refractivity contribution in [1.29, 1.82) is 0 Å². The monoisotopic (exact) mass is 289 g/mol. The Labute approximate surface area is 112 Å². The van der Waals surface area contributed by atoms with Gasteiger partial charge in [0.1, 0.15) is 0 Å². The predicted molar refractivity (Wildman–Crippen MR) is 72.4 cm³/mol. The van der Waals surface area contributed by atoms with Gasteiger partial charge in [0.2, 0.25) is 0 Å². The molecule has 0 saturated carbocycles. The molecule has 0 spiro atoms. The average Bonchev–Trinajstić information content (AvgIpc) is 2.62. The first-order chi connectivity index (χ1) is 8.40. The lowest BCUT2D eigenvalue weighted by molar-refractivity contribution is 0.349. The summed E-state index contributed by atoms with van der Waals surface area (Å²) in [5.74, 6) is 0. The molecule has 2 N–H and O–H groups in total. The maximum Gasteiger partial charge on any atom is 0.252 e. The minimum Gasteiger partial charge on any atom is -0.313 e. The van der Waals surface area contributed by atoms with Gasteiger partial charge in [-0.05, 0) is 40.2 Å². The van der Waals surface area contributed by atoms with E-state index in [0.717, 1.165) is 24.4 Å². The van der Waals surface area contributed by atoms with Crippen LogP contribution in [0, 0.1) is 13.8 Å². The minimum atomic E-state index is -3.44. The lowest BCUT2D eigenvalue weighted by Crippen LogP contribution is -2.51. The Bertz CT molecular complexity index is 524. The highest BCUT2D eigenvalue weighted by Crippen LogP contribution is 2.23. The van der Waals surface area contributed by atoms with Crippen LogP contribution in [0.4, 0.5) is 0 Å². The molecule has 2 heterocycles. The summed E-state index contributed by atoms with van der Waals surface area (Å²) in [5.41, 5.74) is 0.585. The Morgan fingerprint density at radius 3 is 2.72 bits per heavy atom. The van der Waals surface area contributed by atoms with Crippen LogP contribution in [0.1, 0.15) is 30.5 Å². The maximum atomic E-state index is 12.3. The van der Waals surface area contributed by atoms with Crippen molar-refractivity contribution in [1.82, 2.24) is 15.0 Å². The molecular weight excluding hydrogens is 270 g/mol. The van der Waals surface area contributed by atoms with E-state index in [0.29, 0.717) is 9.90 Å². The highest BCUT2D eigenvalue weighted by atomic mass is 32.2. The van der Waals surface area contributed by atoms with Crippen LogP contribution in [0.5, 0.6) is 0 Å². The molecule has 1 aliphatic rings. The molecule has 7 heteroatoms. The molecule has 102 valence electrons. The molecule has 1 aromatic heterocycles. The molecule has 0 aromatic carbocycles. The topological polar surface area (TPSA) is 71.1 Å². The molecule has 18 heavy (non-hydrogen) atoms. The number of aromatic nitrogens is 1. The SMILES string of the molecule is Cc1nc(C)c(S(=O)(=O)NC2CCCNC2C)s1. The zero-order chi connectivity index (χ0) is 13.3. The van der Waals surface area contributed by atoms with E-state index >= 15 is 0 Å². The largest absolute Gasteiger partial charge is 0.313 e. The molecule has 1 aliphatic heterocycles. The van der Waals surface area contributed by atoms with Gasteiger partial charge in [-0.2, -0.15) is 0 Å². The van der Waals surface area contributed by atoms with Gasteiger partial charge in [0.15, 0.2) is 4.21 Å². The highest BCUT2D eigenvalue weighted by Gasteiger charge is 2.28. The fraction of sp³-hybridized carbons (Fsp3) is 0.727. The number of hydrogen-bond donors (Lipinski definition) is 2. The van der Waals surface area contributed by atoms with Gasteiger partial charge < -0.3 is 5.32 Å². The fourth-order valence-corrected chi connectivity index (χ4v) is 5.07. The van der Waals surface area contributed by atoms with E-state index in [-0.39, 0.29) is 12.1 Å². The quantitative estimate of drug-likeness (QED) is 0.876. The molecule has 1 fully saturated rings. The minimum absolute atomic E-state index is 0.0365. The van der Waals surface area contributed by atoms with E-state index in [1.165, 1.54) is 11.3 Å². The molecular formula is C11H19N3O2S2. The molecule has 0 amide bonds. The van der Waals surface area contributed by atoms with E-state index in [9.17, 15) is 8.42 Å². The number of hydrogen-bond acceptors (Lipinski definition) is 5. The Balaban J connectivity index is 2.19. The Morgan fingerprint density at radius 2 is 2.17 bits per heavy atom. The molecule has 0 bridgehead atoms. The van der Waals surface area contributed by atoms with E-state index in [2.05, 4.69) is 15.0 Å². The molecule has 1 aromatic rings. The van der Waals surface area contributed by atoms with Crippen molar-refractivity contribution in [2.45, 2.75) is 49.9 Å². The second kappa shape index (κ2) is 5.24. The second-order valence-corrected chi connectivity index (χ2v) is 7.83. The number of sulfonamides is 1. The van der Waals surface area contributed by atoms with Crippen LogP contribution < -0.4 is 10.0 Å². The van der Waals surface area contributed by atoms with Gasteiger partial charge in [0, 0.05) is 12.1 Å². The first-order valence-electron chi connectivity index (χ1n) is 6.10. The van der Waals surface area contributed by atoms with Gasteiger partial charge in [-0.1, -0.05) is 0 Å². The standard InChI is InChI=1S/C11H19N3O2S2/c1-7-10(5-4-6-12-7)14-18(15,16)11-8(2)13-9(3)17-11/h7,10,12,14H,4-6H2,1-3H3. The van der Waals surface area contributed by atoms with Gasteiger partial charge in [0.25, 0.3) is 10.0 Å². The lowest BCUT2D eigenvalue weighted by atomic mass is 10.0. The molecule has 0 aliphatic carbocycles.